The molecule has 0 bridgehead atoms. The van der Waals surface area contributed by atoms with Gasteiger partial charge in [0.1, 0.15) is 0 Å². The van der Waals surface area contributed by atoms with Gasteiger partial charge in [-0.2, -0.15) is 11.8 Å². The molecule has 1 unspecified atom stereocenters. The number of hydrogen-bond acceptors (Lipinski definition) is 3. The molecule has 3 heteroatoms. The molecule has 0 radical (unpaired) electrons. The lowest BCUT2D eigenvalue weighted by atomic mass is 10.1. The van der Waals surface area contributed by atoms with Crippen LogP contribution in [-0.2, 0) is 0 Å². The average Bonchev–Trinajstić information content (AvgIpc) is 2.15. The Balaban J connectivity index is 2.52. The molecule has 1 rings (SSSR count). The molecule has 1 aromatic rings. The highest BCUT2D eigenvalue weighted by molar-refractivity contribution is 7.99. The zero-order valence-electron chi connectivity index (χ0n) is 9.03. The molecule has 0 aliphatic heterocycles. The monoisotopic (exact) mass is 210 g/mol. The van der Waals surface area contributed by atoms with E-state index < -0.39 is 0 Å². The van der Waals surface area contributed by atoms with Gasteiger partial charge in [0, 0.05) is 23.7 Å². The third-order valence-corrected chi connectivity index (χ3v) is 3.19. The molecule has 0 spiro atoms. The second-order valence-electron chi connectivity index (χ2n) is 3.72. The maximum Gasteiger partial charge on any atom is 0.0402 e. The third-order valence-electron chi connectivity index (χ3n) is 1.97. The molecular formula is C11H18N2S. The first-order chi connectivity index (χ1) is 6.59. The molecule has 0 saturated heterocycles. The lowest BCUT2D eigenvalue weighted by molar-refractivity contribution is 0.819. The zero-order chi connectivity index (χ0) is 10.6. The van der Waals surface area contributed by atoms with E-state index in [1.807, 2.05) is 30.9 Å². The van der Waals surface area contributed by atoms with Gasteiger partial charge in [0.25, 0.3) is 0 Å². The molecule has 0 fully saturated rings. The summed E-state index contributed by atoms with van der Waals surface area (Å²) in [5, 5.41) is 0.638. The van der Waals surface area contributed by atoms with Crippen molar-refractivity contribution < 1.29 is 0 Å². The van der Waals surface area contributed by atoms with Crippen molar-refractivity contribution in [3.05, 3.63) is 29.6 Å². The Bertz CT molecular complexity index is 269. The largest absolute Gasteiger partial charge is 0.323 e. The molecule has 0 amide bonds. The molecule has 0 aliphatic carbocycles. The Morgan fingerprint density at radius 1 is 1.43 bits per heavy atom. The van der Waals surface area contributed by atoms with Crippen LogP contribution >= 0.6 is 11.8 Å². The van der Waals surface area contributed by atoms with E-state index in [9.17, 15) is 0 Å². The smallest absolute Gasteiger partial charge is 0.0402 e. The van der Waals surface area contributed by atoms with Crippen LogP contribution < -0.4 is 5.73 Å². The molecular weight excluding hydrogens is 192 g/mol. The van der Waals surface area contributed by atoms with E-state index >= 15 is 0 Å². The molecule has 14 heavy (non-hydrogen) atoms. The number of hydrogen-bond donors (Lipinski definition) is 1. The average molecular weight is 210 g/mol. The third kappa shape index (κ3) is 3.68. The summed E-state index contributed by atoms with van der Waals surface area (Å²) >= 11 is 1.89. The van der Waals surface area contributed by atoms with E-state index in [0.29, 0.717) is 5.25 Å². The Hall–Kier alpha value is -0.540. The summed E-state index contributed by atoms with van der Waals surface area (Å²) in [6.45, 7) is 6.35. The number of aryl methyl sites for hydroxylation is 1. The second-order valence-corrected chi connectivity index (χ2v) is 5.33. The van der Waals surface area contributed by atoms with Crippen molar-refractivity contribution in [1.29, 1.82) is 0 Å². The van der Waals surface area contributed by atoms with E-state index in [0.717, 1.165) is 17.0 Å². The first kappa shape index (κ1) is 11.5. The van der Waals surface area contributed by atoms with Crippen LogP contribution in [0.4, 0.5) is 0 Å². The van der Waals surface area contributed by atoms with Crippen molar-refractivity contribution in [1.82, 2.24) is 4.98 Å². The summed E-state index contributed by atoms with van der Waals surface area (Å²) in [4.78, 5) is 4.24. The molecule has 1 heterocycles. The van der Waals surface area contributed by atoms with E-state index in [-0.39, 0.29) is 6.04 Å². The van der Waals surface area contributed by atoms with Gasteiger partial charge in [-0.1, -0.05) is 19.9 Å². The summed E-state index contributed by atoms with van der Waals surface area (Å²) in [6.07, 6.45) is 1.88. The van der Waals surface area contributed by atoms with E-state index in [4.69, 9.17) is 5.73 Å². The number of thioether (sulfide) groups is 1. The minimum atomic E-state index is 0.107. The fraction of sp³-hybridized carbons (Fsp3) is 0.545. The number of aromatic nitrogens is 1. The molecule has 0 saturated carbocycles. The summed E-state index contributed by atoms with van der Waals surface area (Å²) in [5.74, 6) is 0.961. The van der Waals surface area contributed by atoms with Crippen LogP contribution in [0.2, 0.25) is 0 Å². The van der Waals surface area contributed by atoms with Crippen LogP contribution in [0, 0.1) is 6.92 Å². The van der Waals surface area contributed by atoms with Crippen molar-refractivity contribution >= 4 is 11.8 Å². The number of nitrogens with two attached hydrogens (primary N) is 1. The topological polar surface area (TPSA) is 38.9 Å². The van der Waals surface area contributed by atoms with Crippen molar-refractivity contribution in [2.45, 2.75) is 32.1 Å². The number of rotatable bonds is 4. The molecule has 1 aromatic heterocycles. The predicted molar refractivity (Wildman–Crippen MR) is 63.5 cm³/mol. The quantitative estimate of drug-likeness (QED) is 0.830. The summed E-state index contributed by atoms with van der Waals surface area (Å²) in [6, 6.07) is 4.18. The van der Waals surface area contributed by atoms with Gasteiger partial charge < -0.3 is 5.73 Å². The Labute approximate surface area is 90.3 Å². The standard InChI is InChI=1S/C11H18N2S/c1-8(2)14-7-11(12)10-5-4-9(3)13-6-10/h4-6,8,11H,7,12H2,1-3H3. The summed E-state index contributed by atoms with van der Waals surface area (Å²) in [7, 11) is 0. The van der Waals surface area contributed by atoms with E-state index in [2.05, 4.69) is 24.9 Å². The lowest BCUT2D eigenvalue weighted by Gasteiger charge is -2.12. The predicted octanol–water partition coefficient (Wildman–Crippen LogP) is 2.53. The number of pyridine rings is 1. The van der Waals surface area contributed by atoms with Gasteiger partial charge >= 0.3 is 0 Å². The van der Waals surface area contributed by atoms with Crippen LogP contribution in [0.1, 0.15) is 31.1 Å². The number of nitrogens with zero attached hydrogens (tertiary/aromatic N) is 1. The van der Waals surface area contributed by atoms with E-state index in [1.165, 1.54) is 0 Å². The van der Waals surface area contributed by atoms with Crippen LogP contribution in [0.5, 0.6) is 0 Å². The van der Waals surface area contributed by atoms with Gasteiger partial charge in [0.15, 0.2) is 0 Å². The molecule has 2 N–H and O–H groups in total. The van der Waals surface area contributed by atoms with Crippen LogP contribution in [0.25, 0.3) is 0 Å². The van der Waals surface area contributed by atoms with Gasteiger partial charge in [-0.15, -0.1) is 0 Å². The van der Waals surface area contributed by atoms with Gasteiger partial charge in [0.2, 0.25) is 0 Å². The maximum absolute atomic E-state index is 6.03. The van der Waals surface area contributed by atoms with Gasteiger partial charge in [-0.3, -0.25) is 4.98 Å². The molecule has 78 valence electrons. The van der Waals surface area contributed by atoms with E-state index in [1.54, 1.807) is 0 Å². The van der Waals surface area contributed by atoms with Crippen molar-refractivity contribution in [2.24, 2.45) is 5.73 Å². The molecule has 1 atom stereocenters. The Morgan fingerprint density at radius 3 is 2.64 bits per heavy atom. The minimum Gasteiger partial charge on any atom is -0.323 e. The van der Waals surface area contributed by atoms with Gasteiger partial charge in [-0.25, -0.2) is 0 Å². The molecule has 0 aliphatic rings. The minimum absolute atomic E-state index is 0.107. The van der Waals surface area contributed by atoms with Crippen molar-refractivity contribution in [3.63, 3.8) is 0 Å². The highest BCUT2D eigenvalue weighted by atomic mass is 32.2. The van der Waals surface area contributed by atoms with Crippen molar-refractivity contribution in [2.75, 3.05) is 5.75 Å². The normalized spacial score (nSPS) is 13.2. The molecule has 2 nitrogen and oxygen atoms in total. The van der Waals surface area contributed by atoms with Gasteiger partial charge in [-0.05, 0) is 23.8 Å². The SMILES string of the molecule is Cc1ccc(C(N)CSC(C)C)cn1. The first-order valence-corrected chi connectivity index (χ1v) is 5.94. The second kappa shape index (κ2) is 5.37. The fourth-order valence-corrected chi connectivity index (χ4v) is 1.88. The van der Waals surface area contributed by atoms with Crippen molar-refractivity contribution in [3.8, 4) is 0 Å². The maximum atomic E-state index is 6.03. The highest BCUT2D eigenvalue weighted by Gasteiger charge is 2.07. The summed E-state index contributed by atoms with van der Waals surface area (Å²) < 4.78 is 0. The highest BCUT2D eigenvalue weighted by Crippen LogP contribution is 2.18. The fourth-order valence-electron chi connectivity index (χ4n) is 1.09. The summed E-state index contributed by atoms with van der Waals surface area (Å²) in [5.41, 5.74) is 8.20. The Kier molecular flexibility index (Phi) is 4.42. The van der Waals surface area contributed by atoms with Crippen LogP contribution in [-0.4, -0.2) is 16.0 Å². The first-order valence-electron chi connectivity index (χ1n) is 4.89. The zero-order valence-corrected chi connectivity index (χ0v) is 9.84. The van der Waals surface area contributed by atoms with Crippen LogP contribution in [0.15, 0.2) is 18.3 Å². The van der Waals surface area contributed by atoms with Crippen LogP contribution in [0.3, 0.4) is 0 Å². The lowest BCUT2D eigenvalue weighted by Crippen LogP contribution is -2.14. The molecule has 0 aromatic carbocycles. The Morgan fingerprint density at radius 2 is 2.14 bits per heavy atom. The van der Waals surface area contributed by atoms with Gasteiger partial charge in [0.05, 0.1) is 0 Å².